The van der Waals surface area contributed by atoms with Gasteiger partial charge in [-0.2, -0.15) is 0 Å². The minimum absolute atomic E-state index is 0.0422. The number of hydrogen-bond donors (Lipinski definition) is 1. The fourth-order valence-corrected chi connectivity index (χ4v) is 4.02. The Bertz CT molecular complexity index is 968. The standard InChI is InChI=1S/C24H28FN3O2/c1-29-23-7-6-18(16-24(23)30-15-11-25)17-28-13-9-19(10-14-28)27-22-8-12-26-21-5-3-2-4-20(21)22/h2-8,12,16,19H,9-11,13-15,17H2,1H3,(H,26,27). The number of aromatic nitrogens is 1. The molecule has 1 fully saturated rings. The van der Waals surface area contributed by atoms with Crippen LogP contribution in [0, 0.1) is 0 Å². The molecule has 5 nitrogen and oxygen atoms in total. The number of nitrogens with one attached hydrogen (secondary N) is 1. The molecule has 1 aliphatic heterocycles. The fourth-order valence-electron chi connectivity index (χ4n) is 4.02. The molecular formula is C24H28FN3O2. The van der Waals surface area contributed by atoms with Crippen LogP contribution in [-0.2, 0) is 6.54 Å². The number of pyridine rings is 1. The van der Waals surface area contributed by atoms with Crippen LogP contribution < -0.4 is 14.8 Å². The van der Waals surface area contributed by atoms with Gasteiger partial charge in [0.05, 0.1) is 12.6 Å². The highest BCUT2D eigenvalue weighted by Crippen LogP contribution is 2.29. The van der Waals surface area contributed by atoms with Gasteiger partial charge in [0.25, 0.3) is 0 Å². The summed E-state index contributed by atoms with van der Waals surface area (Å²) in [5, 5.41) is 4.88. The van der Waals surface area contributed by atoms with E-state index in [1.165, 1.54) is 5.39 Å². The molecule has 6 heteroatoms. The maximum absolute atomic E-state index is 12.5. The Morgan fingerprint density at radius 2 is 1.93 bits per heavy atom. The summed E-state index contributed by atoms with van der Waals surface area (Å²) in [7, 11) is 1.60. The molecule has 1 aromatic heterocycles. The van der Waals surface area contributed by atoms with Gasteiger partial charge in [0.1, 0.15) is 13.3 Å². The van der Waals surface area contributed by atoms with Crippen molar-refractivity contribution in [3.63, 3.8) is 0 Å². The average Bonchev–Trinajstić information content (AvgIpc) is 2.79. The zero-order valence-corrected chi connectivity index (χ0v) is 17.3. The number of methoxy groups -OCH3 is 1. The SMILES string of the molecule is COc1ccc(CN2CCC(Nc3ccnc4ccccc34)CC2)cc1OCCF. The molecule has 1 N–H and O–H groups in total. The van der Waals surface area contributed by atoms with Gasteiger partial charge < -0.3 is 14.8 Å². The zero-order valence-electron chi connectivity index (χ0n) is 17.3. The lowest BCUT2D eigenvalue weighted by Gasteiger charge is -2.33. The van der Waals surface area contributed by atoms with Crippen LogP contribution in [0.15, 0.2) is 54.7 Å². The number of hydrogen-bond acceptors (Lipinski definition) is 5. The molecule has 0 radical (unpaired) electrons. The predicted octanol–water partition coefficient (Wildman–Crippen LogP) is 4.67. The van der Waals surface area contributed by atoms with Crippen molar-refractivity contribution in [1.29, 1.82) is 0 Å². The number of ether oxygens (including phenoxy) is 2. The highest BCUT2D eigenvalue weighted by Gasteiger charge is 2.20. The van der Waals surface area contributed by atoms with Crippen LogP contribution in [0.1, 0.15) is 18.4 Å². The van der Waals surface area contributed by atoms with Gasteiger partial charge in [-0.1, -0.05) is 24.3 Å². The normalized spacial score (nSPS) is 15.3. The minimum atomic E-state index is -0.513. The van der Waals surface area contributed by atoms with E-state index in [1.807, 2.05) is 30.5 Å². The summed E-state index contributed by atoms with van der Waals surface area (Å²) in [5.41, 5.74) is 3.32. The lowest BCUT2D eigenvalue weighted by molar-refractivity contribution is 0.210. The van der Waals surface area contributed by atoms with Crippen molar-refractivity contribution in [2.45, 2.75) is 25.4 Å². The maximum Gasteiger partial charge on any atom is 0.161 e. The van der Waals surface area contributed by atoms with E-state index in [0.29, 0.717) is 17.5 Å². The Morgan fingerprint density at radius 3 is 2.73 bits per heavy atom. The Balaban J connectivity index is 1.34. The largest absolute Gasteiger partial charge is 0.493 e. The molecule has 2 heterocycles. The number of anilines is 1. The van der Waals surface area contributed by atoms with Gasteiger partial charge in [-0.3, -0.25) is 9.88 Å². The van der Waals surface area contributed by atoms with E-state index in [1.54, 1.807) is 7.11 Å². The first-order valence-corrected chi connectivity index (χ1v) is 10.4. The van der Waals surface area contributed by atoms with Crippen LogP contribution in [0.2, 0.25) is 0 Å². The van der Waals surface area contributed by atoms with Gasteiger partial charge in [-0.15, -0.1) is 0 Å². The lowest BCUT2D eigenvalue weighted by Crippen LogP contribution is -2.38. The molecule has 0 unspecified atom stereocenters. The second-order valence-electron chi connectivity index (χ2n) is 7.59. The summed E-state index contributed by atoms with van der Waals surface area (Å²) < 4.78 is 23.3. The molecule has 4 rings (SSSR count). The first kappa shape index (κ1) is 20.4. The number of halogens is 1. The molecule has 0 atom stereocenters. The Labute approximate surface area is 176 Å². The number of likely N-dealkylation sites (tertiary alicyclic amines) is 1. The molecule has 3 aromatic rings. The van der Waals surface area contributed by atoms with Crippen molar-refractivity contribution in [2.75, 3.05) is 38.8 Å². The average molecular weight is 410 g/mol. The van der Waals surface area contributed by atoms with E-state index in [4.69, 9.17) is 9.47 Å². The first-order valence-electron chi connectivity index (χ1n) is 10.4. The molecule has 0 amide bonds. The first-order chi connectivity index (χ1) is 14.8. The monoisotopic (exact) mass is 409 g/mol. The zero-order chi connectivity index (χ0) is 20.8. The smallest absolute Gasteiger partial charge is 0.161 e. The number of benzene rings is 2. The molecule has 1 aliphatic rings. The second-order valence-corrected chi connectivity index (χ2v) is 7.59. The molecule has 1 saturated heterocycles. The van der Waals surface area contributed by atoms with Crippen LogP contribution in [0.4, 0.5) is 10.1 Å². The van der Waals surface area contributed by atoms with Crippen molar-refractivity contribution in [3.8, 4) is 11.5 Å². The van der Waals surface area contributed by atoms with Crippen LogP contribution in [0.3, 0.4) is 0 Å². The van der Waals surface area contributed by atoms with Crippen LogP contribution in [-0.4, -0.2) is 49.4 Å². The van der Waals surface area contributed by atoms with Gasteiger partial charge >= 0.3 is 0 Å². The third-order valence-corrected chi connectivity index (χ3v) is 5.57. The topological polar surface area (TPSA) is 46.6 Å². The highest BCUT2D eigenvalue weighted by atomic mass is 19.1. The van der Waals surface area contributed by atoms with Crippen molar-refractivity contribution >= 4 is 16.6 Å². The van der Waals surface area contributed by atoms with E-state index in [-0.39, 0.29) is 6.61 Å². The van der Waals surface area contributed by atoms with Crippen LogP contribution in [0.25, 0.3) is 10.9 Å². The summed E-state index contributed by atoms with van der Waals surface area (Å²) in [5.74, 6) is 1.24. The summed E-state index contributed by atoms with van der Waals surface area (Å²) in [6.07, 6.45) is 4.03. The Hall–Kier alpha value is -2.86. The van der Waals surface area contributed by atoms with Crippen molar-refractivity contribution in [1.82, 2.24) is 9.88 Å². The van der Waals surface area contributed by atoms with E-state index < -0.39 is 6.67 Å². The summed E-state index contributed by atoms with van der Waals surface area (Å²) >= 11 is 0. The number of fused-ring (bicyclic) bond motifs is 1. The van der Waals surface area contributed by atoms with Crippen molar-refractivity contribution in [3.05, 3.63) is 60.3 Å². The Kier molecular flexibility index (Phi) is 6.64. The molecule has 0 aliphatic carbocycles. The molecule has 0 spiro atoms. The highest BCUT2D eigenvalue weighted by molar-refractivity contribution is 5.90. The summed E-state index contributed by atoms with van der Waals surface area (Å²) in [6, 6.07) is 16.7. The molecule has 30 heavy (non-hydrogen) atoms. The fraction of sp³-hybridized carbons (Fsp3) is 0.375. The van der Waals surface area contributed by atoms with Crippen LogP contribution >= 0.6 is 0 Å². The third-order valence-electron chi connectivity index (χ3n) is 5.57. The molecule has 0 saturated carbocycles. The maximum atomic E-state index is 12.5. The summed E-state index contributed by atoms with van der Waals surface area (Å²) in [6.45, 7) is 2.42. The third kappa shape index (κ3) is 4.82. The van der Waals surface area contributed by atoms with E-state index in [0.717, 1.165) is 49.2 Å². The molecule has 158 valence electrons. The number of para-hydroxylation sites is 1. The number of alkyl halides is 1. The predicted molar refractivity (Wildman–Crippen MR) is 118 cm³/mol. The van der Waals surface area contributed by atoms with E-state index >= 15 is 0 Å². The van der Waals surface area contributed by atoms with Crippen molar-refractivity contribution in [2.24, 2.45) is 0 Å². The Morgan fingerprint density at radius 1 is 1.10 bits per heavy atom. The number of nitrogens with zero attached hydrogens (tertiary/aromatic N) is 2. The van der Waals surface area contributed by atoms with Crippen molar-refractivity contribution < 1.29 is 13.9 Å². The van der Waals surface area contributed by atoms with Gasteiger partial charge in [0, 0.05) is 42.9 Å². The van der Waals surface area contributed by atoms with Gasteiger partial charge in [-0.05, 0) is 42.7 Å². The molecule has 0 bridgehead atoms. The van der Waals surface area contributed by atoms with Gasteiger partial charge in [-0.25, -0.2) is 4.39 Å². The lowest BCUT2D eigenvalue weighted by atomic mass is 10.0. The number of rotatable bonds is 8. The van der Waals surface area contributed by atoms with E-state index in [2.05, 4.69) is 39.5 Å². The van der Waals surface area contributed by atoms with Gasteiger partial charge in [0.2, 0.25) is 0 Å². The summed E-state index contributed by atoms with van der Waals surface area (Å²) in [4.78, 5) is 6.89. The second kappa shape index (κ2) is 9.76. The minimum Gasteiger partial charge on any atom is -0.493 e. The van der Waals surface area contributed by atoms with Gasteiger partial charge in [0.15, 0.2) is 11.5 Å². The number of piperidine rings is 1. The quantitative estimate of drug-likeness (QED) is 0.586. The van der Waals surface area contributed by atoms with Crippen LogP contribution in [0.5, 0.6) is 11.5 Å². The molecule has 2 aromatic carbocycles. The van der Waals surface area contributed by atoms with E-state index in [9.17, 15) is 4.39 Å². The molecular weight excluding hydrogens is 381 g/mol.